The summed E-state index contributed by atoms with van der Waals surface area (Å²) in [6.45, 7) is 3.80. The van der Waals surface area contributed by atoms with E-state index >= 15 is 0 Å². The molecule has 0 radical (unpaired) electrons. The van der Waals surface area contributed by atoms with Crippen LogP contribution in [0.3, 0.4) is 0 Å². The lowest BCUT2D eigenvalue weighted by atomic mass is 10.00. The molecule has 1 amide bonds. The van der Waals surface area contributed by atoms with E-state index in [1.807, 2.05) is 82.5 Å². The van der Waals surface area contributed by atoms with Gasteiger partial charge in [-0.3, -0.25) is 14.5 Å². The minimum absolute atomic E-state index is 0.0869. The molecule has 4 aromatic rings. The molecule has 1 atom stereocenters. The maximum atomic E-state index is 13.7. The molecule has 3 heterocycles. The van der Waals surface area contributed by atoms with E-state index in [9.17, 15) is 4.79 Å². The molecule has 0 aliphatic heterocycles. The smallest absolute Gasteiger partial charge is 0.255 e. The van der Waals surface area contributed by atoms with Gasteiger partial charge in [-0.2, -0.15) is 5.10 Å². The van der Waals surface area contributed by atoms with E-state index in [0.29, 0.717) is 11.2 Å². The topological polar surface area (TPSA) is 63.9 Å². The third-order valence-electron chi connectivity index (χ3n) is 5.12. The quantitative estimate of drug-likeness (QED) is 0.535. The van der Waals surface area contributed by atoms with Crippen molar-refractivity contribution in [1.29, 1.82) is 0 Å². The molecular weight excluding hydrogens is 362 g/mol. The van der Waals surface area contributed by atoms with Gasteiger partial charge in [0, 0.05) is 26.0 Å². The first-order valence-electron chi connectivity index (χ1n) is 9.51. The van der Waals surface area contributed by atoms with Crippen molar-refractivity contribution in [3.8, 4) is 0 Å². The SMILES string of the molecule is Cc1cc(C(=O)N(C)[C@@H](c2ccccc2)c2ccccn2)c2c(C)nn(C)c2n1. The average Bonchev–Trinajstić information content (AvgIpc) is 3.02. The maximum absolute atomic E-state index is 13.7. The van der Waals surface area contributed by atoms with Crippen molar-refractivity contribution in [2.45, 2.75) is 19.9 Å². The number of aromatic nitrogens is 4. The van der Waals surface area contributed by atoms with E-state index in [1.165, 1.54) is 0 Å². The predicted molar refractivity (Wildman–Crippen MR) is 113 cm³/mol. The van der Waals surface area contributed by atoms with Gasteiger partial charge in [-0.05, 0) is 37.6 Å². The summed E-state index contributed by atoms with van der Waals surface area (Å²) in [4.78, 5) is 24.6. The first-order valence-corrected chi connectivity index (χ1v) is 9.51. The minimum atomic E-state index is -0.301. The van der Waals surface area contributed by atoms with Crippen molar-refractivity contribution < 1.29 is 4.79 Å². The largest absolute Gasteiger partial charge is 0.329 e. The van der Waals surface area contributed by atoms with E-state index in [4.69, 9.17) is 0 Å². The van der Waals surface area contributed by atoms with E-state index in [0.717, 1.165) is 28.0 Å². The summed E-state index contributed by atoms with van der Waals surface area (Å²) in [5, 5.41) is 5.26. The van der Waals surface area contributed by atoms with Crippen molar-refractivity contribution >= 4 is 16.9 Å². The van der Waals surface area contributed by atoms with Crippen LogP contribution in [0.25, 0.3) is 11.0 Å². The Labute approximate surface area is 169 Å². The fraction of sp³-hybridized carbons (Fsp3) is 0.217. The molecule has 1 aromatic carbocycles. The number of nitrogens with zero attached hydrogens (tertiary/aromatic N) is 5. The van der Waals surface area contributed by atoms with Crippen molar-refractivity contribution in [3.63, 3.8) is 0 Å². The number of hydrogen-bond acceptors (Lipinski definition) is 4. The van der Waals surface area contributed by atoms with E-state index in [-0.39, 0.29) is 11.9 Å². The highest BCUT2D eigenvalue weighted by atomic mass is 16.2. The molecule has 0 aliphatic rings. The second kappa shape index (κ2) is 7.47. The molecule has 0 bridgehead atoms. The summed E-state index contributed by atoms with van der Waals surface area (Å²) in [6.07, 6.45) is 1.75. The molecule has 6 nitrogen and oxygen atoms in total. The molecule has 3 aromatic heterocycles. The van der Waals surface area contributed by atoms with Crippen LogP contribution in [0, 0.1) is 13.8 Å². The molecule has 0 unspecified atom stereocenters. The van der Waals surface area contributed by atoms with Crippen LogP contribution in [0.5, 0.6) is 0 Å². The van der Waals surface area contributed by atoms with Gasteiger partial charge in [0.05, 0.1) is 28.4 Å². The lowest BCUT2D eigenvalue weighted by Crippen LogP contribution is -2.32. The summed E-state index contributed by atoms with van der Waals surface area (Å²) in [6, 6.07) is 17.3. The Morgan fingerprint density at radius 3 is 2.48 bits per heavy atom. The number of aryl methyl sites for hydroxylation is 3. The first-order chi connectivity index (χ1) is 14.0. The van der Waals surface area contributed by atoms with Crippen LogP contribution in [-0.4, -0.2) is 37.6 Å². The Kier molecular flexibility index (Phi) is 4.84. The number of amides is 1. The summed E-state index contributed by atoms with van der Waals surface area (Å²) >= 11 is 0. The van der Waals surface area contributed by atoms with Crippen LogP contribution in [0.15, 0.2) is 60.8 Å². The predicted octanol–water partition coefficient (Wildman–Crippen LogP) is 3.84. The van der Waals surface area contributed by atoms with E-state index in [2.05, 4.69) is 15.1 Å². The van der Waals surface area contributed by atoms with Gasteiger partial charge in [-0.25, -0.2) is 4.98 Å². The molecule has 0 fully saturated rings. The van der Waals surface area contributed by atoms with Crippen LogP contribution < -0.4 is 0 Å². The second-order valence-corrected chi connectivity index (χ2v) is 7.20. The highest BCUT2D eigenvalue weighted by Gasteiger charge is 2.28. The average molecular weight is 385 g/mol. The van der Waals surface area contributed by atoms with Crippen molar-refractivity contribution in [2.24, 2.45) is 7.05 Å². The van der Waals surface area contributed by atoms with Crippen molar-refractivity contribution in [3.05, 3.63) is 89.0 Å². The van der Waals surface area contributed by atoms with Crippen LogP contribution in [0.4, 0.5) is 0 Å². The molecule has 0 aliphatic carbocycles. The highest BCUT2D eigenvalue weighted by molar-refractivity contribution is 6.06. The Morgan fingerprint density at radius 1 is 1.07 bits per heavy atom. The third kappa shape index (κ3) is 3.38. The zero-order chi connectivity index (χ0) is 20.5. The Hall–Kier alpha value is -3.54. The summed E-state index contributed by atoms with van der Waals surface area (Å²) in [5.74, 6) is -0.0869. The van der Waals surface area contributed by atoms with Crippen molar-refractivity contribution in [2.75, 3.05) is 7.05 Å². The number of rotatable bonds is 4. The molecule has 0 spiro atoms. The molecule has 0 N–H and O–H groups in total. The fourth-order valence-electron chi connectivity index (χ4n) is 3.81. The lowest BCUT2D eigenvalue weighted by Gasteiger charge is -2.28. The van der Waals surface area contributed by atoms with E-state index in [1.54, 1.807) is 15.8 Å². The van der Waals surface area contributed by atoms with Gasteiger partial charge in [0.25, 0.3) is 5.91 Å². The van der Waals surface area contributed by atoms with Gasteiger partial charge in [0.2, 0.25) is 0 Å². The monoisotopic (exact) mass is 385 g/mol. The zero-order valence-electron chi connectivity index (χ0n) is 17.0. The molecule has 6 heteroatoms. The molecule has 29 heavy (non-hydrogen) atoms. The maximum Gasteiger partial charge on any atom is 0.255 e. The summed E-state index contributed by atoms with van der Waals surface area (Å²) in [7, 11) is 3.67. The Bertz CT molecular complexity index is 1130. The van der Waals surface area contributed by atoms with Crippen molar-refractivity contribution in [1.82, 2.24) is 24.6 Å². The summed E-state index contributed by atoms with van der Waals surface area (Å²) in [5.41, 5.74) is 4.73. The number of carbonyl (C=O) groups excluding carboxylic acids is 1. The van der Waals surface area contributed by atoms with Gasteiger partial charge in [-0.15, -0.1) is 0 Å². The third-order valence-corrected chi connectivity index (χ3v) is 5.12. The molecule has 146 valence electrons. The zero-order valence-corrected chi connectivity index (χ0v) is 17.0. The highest BCUT2D eigenvalue weighted by Crippen LogP contribution is 2.30. The molecule has 4 rings (SSSR count). The van der Waals surface area contributed by atoms with Crippen LogP contribution in [0.1, 0.15) is 39.0 Å². The Balaban J connectivity index is 1.85. The first kappa shape index (κ1) is 18.8. The Morgan fingerprint density at radius 2 is 1.79 bits per heavy atom. The molecular formula is C23H23N5O. The summed E-state index contributed by atoms with van der Waals surface area (Å²) < 4.78 is 1.72. The normalized spacial score (nSPS) is 12.1. The van der Waals surface area contributed by atoms with Crippen LogP contribution in [0.2, 0.25) is 0 Å². The van der Waals surface area contributed by atoms with Gasteiger partial charge >= 0.3 is 0 Å². The van der Waals surface area contributed by atoms with Gasteiger partial charge < -0.3 is 4.90 Å². The van der Waals surface area contributed by atoms with Gasteiger partial charge in [0.1, 0.15) is 0 Å². The number of pyridine rings is 2. The minimum Gasteiger partial charge on any atom is -0.329 e. The lowest BCUT2D eigenvalue weighted by molar-refractivity contribution is 0.0754. The van der Waals surface area contributed by atoms with E-state index < -0.39 is 0 Å². The molecule has 0 saturated heterocycles. The number of fused-ring (bicyclic) bond motifs is 1. The number of carbonyl (C=O) groups is 1. The van der Waals surface area contributed by atoms with Gasteiger partial charge in [-0.1, -0.05) is 36.4 Å². The number of hydrogen-bond donors (Lipinski definition) is 0. The fourth-order valence-corrected chi connectivity index (χ4v) is 3.81. The number of benzene rings is 1. The molecule has 0 saturated carbocycles. The second-order valence-electron chi connectivity index (χ2n) is 7.20. The van der Waals surface area contributed by atoms with Gasteiger partial charge in [0.15, 0.2) is 5.65 Å². The standard InChI is InChI=1S/C23H23N5O/c1-15-14-18(20-16(2)26-28(4)22(20)25-15)23(29)27(3)21(17-10-6-5-7-11-17)19-12-8-9-13-24-19/h5-14,21H,1-4H3/t21-/m0/s1. The van der Waals surface area contributed by atoms with Crippen LogP contribution in [-0.2, 0) is 7.05 Å². The van der Waals surface area contributed by atoms with Crippen LogP contribution >= 0.6 is 0 Å².